The molecule has 0 bridgehead atoms. The molecule has 1 atom stereocenters. The fraction of sp³-hybridized carbons (Fsp3) is 0.300. The number of halogens is 1. The number of carbonyl (C=O) groups is 2. The van der Waals surface area contributed by atoms with E-state index < -0.39 is 0 Å². The molecule has 2 aromatic rings. The second-order valence-corrected chi connectivity index (χ2v) is 7.04. The zero-order valence-corrected chi connectivity index (χ0v) is 14.6. The summed E-state index contributed by atoms with van der Waals surface area (Å²) in [4.78, 5) is 29.2. The van der Waals surface area contributed by atoms with Crippen molar-refractivity contribution in [3.8, 4) is 0 Å². The number of rotatable bonds is 1. The number of hydrogen-bond acceptors (Lipinski definition) is 2. The van der Waals surface area contributed by atoms with Crippen molar-refractivity contribution in [2.24, 2.45) is 0 Å². The van der Waals surface area contributed by atoms with Crippen LogP contribution in [-0.2, 0) is 11.2 Å². The molecule has 1 unspecified atom stereocenters. The number of benzene rings is 2. The molecule has 0 spiro atoms. The normalized spacial score (nSPS) is 19.9. The number of fused-ring (bicyclic) bond motifs is 3. The van der Waals surface area contributed by atoms with Crippen LogP contribution in [0, 0.1) is 0 Å². The summed E-state index contributed by atoms with van der Waals surface area (Å²) in [5, 5.41) is 0.524. The predicted octanol–water partition coefficient (Wildman–Crippen LogP) is 3.31. The van der Waals surface area contributed by atoms with Crippen LogP contribution in [0.15, 0.2) is 48.5 Å². The zero-order chi connectivity index (χ0) is 17.4. The topological polar surface area (TPSA) is 40.6 Å². The van der Waals surface area contributed by atoms with Crippen molar-refractivity contribution >= 4 is 23.4 Å². The van der Waals surface area contributed by atoms with E-state index >= 15 is 0 Å². The Balaban J connectivity index is 1.66. The third-order valence-corrected chi connectivity index (χ3v) is 5.27. The van der Waals surface area contributed by atoms with Gasteiger partial charge >= 0.3 is 0 Å². The molecule has 2 aliphatic heterocycles. The van der Waals surface area contributed by atoms with Crippen molar-refractivity contribution in [3.63, 3.8) is 0 Å². The summed E-state index contributed by atoms with van der Waals surface area (Å²) in [6.07, 6.45) is 1.93. The third-order valence-electron chi connectivity index (χ3n) is 5.03. The van der Waals surface area contributed by atoms with Gasteiger partial charge in [-0.2, -0.15) is 0 Å². The first-order chi connectivity index (χ1) is 12.1. The molecule has 0 aliphatic carbocycles. The highest BCUT2D eigenvalue weighted by molar-refractivity contribution is 6.31. The molecule has 0 radical (unpaired) electrons. The van der Waals surface area contributed by atoms with Gasteiger partial charge < -0.3 is 9.80 Å². The van der Waals surface area contributed by atoms with Gasteiger partial charge in [-0.3, -0.25) is 9.59 Å². The highest BCUT2D eigenvalue weighted by Gasteiger charge is 2.37. The molecule has 0 saturated carbocycles. The second-order valence-electron chi connectivity index (χ2n) is 6.60. The highest BCUT2D eigenvalue weighted by atomic mass is 35.5. The van der Waals surface area contributed by atoms with Gasteiger partial charge in [-0.25, -0.2) is 0 Å². The van der Waals surface area contributed by atoms with E-state index in [9.17, 15) is 9.59 Å². The van der Waals surface area contributed by atoms with Crippen molar-refractivity contribution in [2.75, 3.05) is 19.6 Å². The number of carbonyl (C=O) groups excluding carboxylic acids is 2. The van der Waals surface area contributed by atoms with E-state index in [0.29, 0.717) is 17.1 Å². The van der Waals surface area contributed by atoms with E-state index in [4.69, 9.17) is 11.6 Å². The van der Waals surface area contributed by atoms with Crippen LogP contribution in [0.5, 0.6) is 0 Å². The molecule has 2 aromatic carbocycles. The quantitative estimate of drug-likeness (QED) is 0.788. The van der Waals surface area contributed by atoms with Crippen molar-refractivity contribution < 1.29 is 9.59 Å². The minimum Gasteiger partial charge on any atom is -0.332 e. The first kappa shape index (κ1) is 16.2. The van der Waals surface area contributed by atoms with Crippen LogP contribution in [0.3, 0.4) is 0 Å². The van der Waals surface area contributed by atoms with Gasteiger partial charge in [0.2, 0.25) is 5.91 Å². The number of amides is 2. The molecule has 2 heterocycles. The van der Waals surface area contributed by atoms with E-state index in [-0.39, 0.29) is 24.4 Å². The summed E-state index contributed by atoms with van der Waals surface area (Å²) in [6.45, 7) is 1.40. The molecular weight excluding hydrogens is 336 g/mol. The molecule has 25 heavy (non-hydrogen) atoms. The molecule has 128 valence electrons. The van der Waals surface area contributed by atoms with Gasteiger partial charge in [0, 0.05) is 23.7 Å². The van der Waals surface area contributed by atoms with Crippen molar-refractivity contribution in [2.45, 2.75) is 18.9 Å². The SMILES string of the molecule is O=C(c1cccc(Cl)c1)N1CC(=O)N2CCCc3ccccc3C2C1. The van der Waals surface area contributed by atoms with Gasteiger partial charge in [0.15, 0.2) is 0 Å². The number of piperazine rings is 1. The summed E-state index contributed by atoms with van der Waals surface area (Å²) in [5.74, 6) is -0.124. The van der Waals surface area contributed by atoms with Crippen LogP contribution in [0.1, 0.15) is 33.9 Å². The molecule has 1 fully saturated rings. The Kier molecular flexibility index (Phi) is 4.22. The minimum atomic E-state index is -0.141. The number of aryl methyl sites for hydroxylation is 1. The van der Waals surface area contributed by atoms with E-state index in [0.717, 1.165) is 24.9 Å². The summed E-state index contributed by atoms with van der Waals surface area (Å²) in [7, 11) is 0. The van der Waals surface area contributed by atoms with Crippen LogP contribution in [0.2, 0.25) is 5.02 Å². The Morgan fingerprint density at radius 1 is 1.12 bits per heavy atom. The lowest BCUT2D eigenvalue weighted by atomic mass is 9.96. The monoisotopic (exact) mass is 354 g/mol. The van der Waals surface area contributed by atoms with Crippen LogP contribution >= 0.6 is 11.6 Å². The van der Waals surface area contributed by atoms with Gasteiger partial charge in [-0.1, -0.05) is 41.9 Å². The molecule has 4 nitrogen and oxygen atoms in total. The average molecular weight is 355 g/mol. The first-order valence-electron chi connectivity index (χ1n) is 8.55. The molecule has 1 saturated heterocycles. The maximum Gasteiger partial charge on any atom is 0.254 e. The Bertz CT molecular complexity index is 836. The van der Waals surface area contributed by atoms with E-state index in [2.05, 4.69) is 12.1 Å². The van der Waals surface area contributed by atoms with Crippen LogP contribution in [0.4, 0.5) is 0 Å². The van der Waals surface area contributed by atoms with Crippen LogP contribution in [0.25, 0.3) is 0 Å². The molecule has 0 aromatic heterocycles. The molecule has 4 rings (SSSR count). The number of hydrogen-bond donors (Lipinski definition) is 0. The highest BCUT2D eigenvalue weighted by Crippen LogP contribution is 2.32. The van der Waals surface area contributed by atoms with Crippen LogP contribution < -0.4 is 0 Å². The Labute approximate surface area is 152 Å². The molecule has 2 aliphatic rings. The van der Waals surface area contributed by atoms with E-state index in [1.54, 1.807) is 29.2 Å². The van der Waals surface area contributed by atoms with Crippen molar-refractivity contribution in [1.29, 1.82) is 0 Å². The molecular formula is C20H19ClN2O2. The summed E-state index contributed by atoms with van der Waals surface area (Å²) in [5.41, 5.74) is 2.97. The molecule has 0 N–H and O–H groups in total. The van der Waals surface area contributed by atoms with Gasteiger partial charge in [0.05, 0.1) is 6.04 Å². The third kappa shape index (κ3) is 3.02. The lowest BCUT2D eigenvalue weighted by molar-refractivity contribution is -0.138. The predicted molar refractivity (Wildman–Crippen MR) is 96.6 cm³/mol. The van der Waals surface area contributed by atoms with Crippen LogP contribution in [-0.4, -0.2) is 41.2 Å². The molecule has 2 amide bonds. The lowest BCUT2D eigenvalue weighted by Crippen LogP contribution is -2.53. The molecule has 5 heteroatoms. The lowest BCUT2D eigenvalue weighted by Gasteiger charge is -2.41. The van der Waals surface area contributed by atoms with Gasteiger partial charge in [-0.05, 0) is 42.2 Å². The summed E-state index contributed by atoms with van der Waals surface area (Å²) in [6, 6.07) is 15.1. The van der Waals surface area contributed by atoms with E-state index in [1.807, 2.05) is 17.0 Å². The zero-order valence-electron chi connectivity index (χ0n) is 13.8. The smallest absolute Gasteiger partial charge is 0.254 e. The second kappa shape index (κ2) is 6.52. The maximum atomic E-state index is 12.9. The Morgan fingerprint density at radius 3 is 2.80 bits per heavy atom. The van der Waals surface area contributed by atoms with Gasteiger partial charge in [-0.15, -0.1) is 0 Å². The first-order valence-corrected chi connectivity index (χ1v) is 8.93. The minimum absolute atomic E-state index is 0.0170. The van der Waals surface area contributed by atoms with Gasteiger partial charge in [0.1, 0.15) is 6.54 Å². The Morgan fingerprint density at radius 2 is 1.96 bits per heavy atom. The fourth-order valence-corrected chi connectivity index (χ4v) is 4.02. The van der Waals surface area contributed by atoms with E-state index in [1.165, 1.54) is 5.56 Å². The number of nitrogens with zero attached hydrogens (tertiary/aromatic N) is 2. The summed E-state index contributed by atoms with van der Waals surface area (Å²) < 4.78 is 0. The average Bonchev–Trinajstić information content (AvgIpc) is 2.81. The van der Waals surface area contributed by atoms with Gasteiger partial charge in [0.25, 0.3) is 5.91 Å². The largest absolute Gasteiger partial charge is 0.332 e. The van der Waals surface area contributed by atoms with Crippen molar-refractivity contribution in [3.05, 3.63) is 70.2 Å². The standard InChI is InChI=1S/C20H19ClN2O2/c21-16-8-3-6-15(11-16)20(25)22-12-18-17-9-2-1-5-14(17)7-4-10-23(18)19(24)13-22/h1-3,5-6,8-9,11,18H,4,7,10,12-13H2. The maximum absolute atomic E-state index is 12.9. The summed E-state index contributed by atoms with van der Waals surface area (Å²) >= 11 is 6.01. The fourth-order valence-electron chi connectivity index (χ4n) is 3.83. The van der Waals surface area contributed by atoms with Crippen molar-refractivity contribution in [1.82, 2.24) is 9.80 Å². The Hall–Kier alpha value is -2.33.